The number of methoxy groups -OCH3 is 1. The second kappa shape index (κ2) is 10.5. The smallest absolute Gasteiger partial charge is 0.338 e. The number of thiophene rings is 1. The van der Waals surface area contributed by atoms with Crippen LogP contribution in [0, 0.1) is 0 Å². The predicted octanol–water partition coefficient (Wildman–Crippen LogP) is 3.82. The number of benzene rings is 1. The molecule has 2 aromatic heterocycles. The van der Waals surface area contributed by atoms with Crippen LogP contribution in [-0.4, -0.2) is 30.4 Å². The van der Waals surface area contributed by atoms with Gasteiger partial charge in [-0.05, 0) is 56.0 Å². The summed E-state index contributed by atoms with van der Waals surface area (Å²) in [5, 5.41) is 1.96. The number of hydrogen-bond donors (Lipinski definition) is 0. The summed E-state index contributed by atoms with van der Waals surface area (Å²) >= 11 is 2.84. The zero-order chi connectivity index (χ0) is 25.1. The Labute approximate surface area is 210 Å². The van der Waals surface area contributed by atoms with Crippen molar-refractivity contribution in [2.24, 2.45) is 4.99 Å². The number of carbonyl (C=O) groups is 1. The number of aromatic nitrogens is 1. The van der Waals surface area contributed by atoms with Gasteiger partial charge in [0.1, 0.15) is 6.61 Å². The van der Waals surface area contributed by atoms with E-state index in [4.69, 9.17) is 14.2 Å². The lowest BCUT2D eigenvalue weighted by Gasteiger charge is -2.26. The van der Waals surface area contributed by atoms with Gasteiger partial charge in [-0.3, -0.25) is 9.36 Å². The molecule has 1 atom stereocenters. The Hall–Kier alpha value is -3.43. The summed E-state index contributed by atoms with van der Waals surface area (Å²) < 4.78 is 18.9. The Morgan fingerprint density at radius 3 is 2.74 bits per heavy atom. The summed E-state index contributed by atoms with van der Waals surface area (Å²) in [7, 11) is 1.54. The third-order valence-corrected chi connectivity index (χ3v) is 7.06. The minimum absolute atomic E-state index is 0.222. The zero-order valence-corrected chi connectivity index (χ0v) is 21.6. The van der Waals surface area contributed by atoms with Gasteiger partial charge in [-0.1, -0.05) is 36.1 Å². The van der Waals surface area contributed by atoms with Gasteiger partial charge >= 0.3 is 5.97 Å². The van der Waals surface area contributed by atoms with Crippen molar-refractivity contribution in [3.05, 3.63) is 89.8 Å². The van der Waals surface area contributed by atoms with E-state index in [2.05, 4.69) is 11.6 Å². The van der Waals surface area contributed by atoms with Gasteiger partial charge in [-0.2, -0.15) is 0 Å². The van der Waals surface area contributed by atoms with E-state index in [1.165, 1.54) is 11.3 Å². The van der Waals surface area contributed by atoms with Crippen LogP contribution in [0.25, 0.3) is 6.08 Å². The van der Waals surface area contributed by atoms with E-state index in [0.717, 1.165) is 4.88 Å². The van der Waals surface area contributed by atoms with E-state index in [1.807, 2.05) is 29.7 Å². The molecule has 0 fully saturated rings. The van der Waals surface area contributed by atoms with Crippen molar-refractivity contribution in [2.45, 2.75) is 32.9 Å². The lowest BCUT2D eigenvalue weighted by atomic mass is 9.95. The van der Waals surface area contributed by atoms with E-state index >= 15 is 0 Å². The fourth-order valence-electron chi connectivity index (χ4n) is 3.80. The van der Waals surface area contributed by atoms with Crippen LogP contribution in [0.3, 0.4) is 0 Å². The first-order valence-electron chi connectivity index (χ1n) is 11.0. The van der Waals surface area contributed by atoms with Crippen LogP contribution in [0.15, 0.2) is 69.4 Å². The van der Waals surface area contributed by atoms with Crippen molar-refractivity contribution in [1.29, 1.82) is 0 Å². The topological polar surface area (TPSA) is 79.1 Å². The molecule has 0 amide bonds. The number of hydrogen-bond acceptors (Lipinski definition) is 8. The fourth-order valence-corrected chi connectivity index (χ4v) is 5.57. The number of nitrogens with zero attached hydrogens (tertiary/aromatic N) is 2. The number of carbonyl (C=O) groups excluding carboxylic acids is 1. The minimum atomic E-state index is -0.731. The second-order valence-electron chi connectivity index (χ2n) is 8.06. The summed E-state index contributed by atoms with van der Waals surface area (Å²) in [6.45, 7) is 9.33. The van der Waals surface area contributed by atoms with Crippen LogP contribution in [0.1, 0.15) is 37.3 Å². The van der Waals surface area contributed by atoms with Gasteiger partial charge in [0, 0.05) is 4.88 Å². The molecule has 0 saturated heterocycles. The molecule has 0 radical (unpaired) electrons. The van der Waals surface area contributed by atoms with Crippen LogP contribution in [0.5, 0.6) is 11.5 Å². The van der Waals surface area contributed by atoms with Crippen LogP contribution in [0.2, 0.25) is 0 Å². The maximum absolute atomic E-state index is 13.6. The third kappa shape index (κ3) is 5.01. The molecule has 0 aliphatic carbocycles. The van der Waals surface area contributed by atoms with Gasteiger partial charge in [0.05, 0.1) is 35.1 Å². The van der Waals surface area contributed by atoms with Gasteiger partial charge in [0.25, 0.3) is 5.56 Å². The van der Waals surface area contributed by atoms with Crippen molar-refractivity contribution < 1.29 is 19.0 Å². The first-order valence-corrected chi connectivity index (χ1v) is 12.7. The zero-order valence-electron chi connectivity index (χ0n) is 19.9. The normalized spacial score (nSPS) is 15.6. The van der Waals surface area contributed by atoms with E-state index in [0.29, 0.717) is 44.3 Å². The average Bonchev–Trinajstić information content (AvgIpc) is 3.44. The molecule has 0 N–H and O–H groups in total. The van der Waals surface area contributed by atoms with Gasteiger partial charge in [0.2, 0.25) is 0 Å². The number of rotatable bonds is 8. The SMILES string of the molecule is C=CCOc1ccc(C2C(C(=O)OC(C)C)=C(C)N=c3s/c(=C\c4cccs4)c(=O)n32)cc1OC. The largest absolute Gasteiger partial charge is 0.493 e. The maximum Gasteiger partial charge on any atom is 0.338 e. The molecule has 7 nitrogen and oxygen atoms in total. The highest BCUT2D eigenvalue weighted by Gasteiger charge is 2.34. The highest BCUT2D eigenvalue weighted by atomic mass is 32.1. The van der Waals surface area contributed by atoms with E-state index in [-0.39, 0.29) is 11.7 Å². The molecule has 1 aliphatic heterocycles. The highest BCUT2D eigenvalue weighted by molar-refractivity contribution is 7.11. The number of esters is 1. The molecular formula is C26H26N2O5S2. The van der Waals surface area contributed by atoms with E-state index in [9.17, 15) is 9.59 Å². The van der Waals surface area contributed by atoms with Gasteiger partial charge in [-0.25, -0.2) is 9.79 Å². The Kier molecular flexibility index (Phi) is 7.37. The standard InChI is InChI=1S/C26H26N2O5S2/c1-6-11-32-19-10-9-17(13-20(19)31-5)23-22(25(30)33-15(2)3)16(4)27-26-28(23)24(29)21(35-26)14-18-8-7-12-34-18/h6-10,12-15,23H,1,11H2,2-5H3/b21-14-. The first kappa shape index (κ1) is 24.7. The second-order valence-corrected chi connectivity index (χ2v) is 10.0. The van der Waals surface area contributed by atoms with Crippen molar-refractivity contribution in [3.63, 3.8) is 0 Å². The molecule has 1 unspecified atom stereocenters. The summed E-state index contributed by atoms with van der Waals surface area (Å²) in [4.78, 5) is 33.0. The number of ether oxygens (including phenoxy) is 3. The summed E-state index contributed by atoms with van der Waals surface area (Å²) in [6.07, 6.45) is 3.17. The molecule has 0 bridgehead atoms. The first-order chi connectivity index (χ1) is 16.8. The maximum atomic E-state index is 13.6. The molecule has 0 saturated carbocycles. The van der Waals surface area contributed by atoms with Gasteiger partial charge in [0.15, 0.2) is 16.3 Å². The monoisotopic (exact) mass is 510 g/mol. The minimum Gasteiger partial charge on any atom is -0.493 e. The van der Waals surface area contributed by atoms with Crippen LogP contribution in [0.4, 0.5) is 0 Å². The quantitative estimate of drug-likeness (QED) is 0.340. The summed E-state index contributed by atoms with van der Waals surface area (Å²) in [5.41, 5.74) is 1.29. The Morgan fingerprint density at radius 2 is 2.09 bits per heavy atom. The number of thiazole rings is 1. The van der Waals surface area contributed by atoms with E-state index < -0.39 is 12.0 Å². The molecule has 9 heteroatoms. The van der Waals surface area contributed by atoms with E-state index in [1.54, 1.807) is 62.0 Å². The molecule has 182 valence electrons. The molecule has 35 heavy (non-hydrogen) atoms. The molecule has 3 heterocycles. The Bertz CT molecular complexity index is 1460. The van der Waals surface area contributed by atoms with Crippen molar-refractivity contribution in [1.82, 2.24) is 4.57 Å². The predicted molar refractivity (Wildman–Crippen MR) is 138 cm³/mol. The number of allylic oxidation sites excluding steroid dienone is 1. The molecule has 1 aliphatic rings. The number of fused-ring (bicyclic) bond motifs is 1. The van der Waals surface area contributed by atoms with Crippen molar-refractivity contribution in [2.75, 3.05) is 13.7 Å². The molecule has 3 aromatic rings. The third-order valence-electron chi connectivity index (χ3n) is 5.26. The molecule has 0 spiro atoms. The lowest BCUT2D eigenvalue weighted by Crippen LogP contribution is -2.40. The lowest BCUT2D eigenvalue weighted by molar-refractivity contribution is -0.143. The van der Waals surface area contributed by atoms with Gasteiger partial charge in [-0.15, -0.1) is 11.3 Å². The van der Waals surface area contributed by atoms with Crippen molar-refractivity contribution >= 4 is 34.7 Å². The summed E-state index contributed by atoms with van der Waals surface area (Å²) in [6, 6.07) is 8.52. The molecular weight excluding hydrogens is 484 g/mol. The fraction of sp³-hybridized carbons (Fsp3) is 0.269. The average molecular weight is 511 g/mol. The highest BCUT2D eigenvalue weighted by Crippen LogP contribution is 2.36. The van der Waals surface area contributed by atoms with Crippen molar-refractivity contribution in [3.8, 4) is 11.5 Å². The Morgan fingerprint density at radius 1 is 1.29 bits per heavy atom. The van der Waals surface area contributed by atoms with Crippen LogP contribution < -0.4 is 24.4 Å². The Balaban J connectivity index is 1.93. The van der Waals surface area contributed by atoms with Crippen LogP contribution in [-0.2, 0) is 9.53 Å². The van der Waals surface area contributed by atoms with Gasteiger partial charge < -0.3 is 14.2 Å². The summed E-state index contributed by atoms with van der Waals surface area (Å²) in [5.74, 6) is 0.509. The molecule has 4 rings (SSSR count). The molecule has 1 aromatic carbocycles. The van der Waals surface area contributed by atoms with Crippen LogP contribution >= 0.6 is 22.7 Å².